The third-order valence-corrected chi connectivity index (χ3v) is 7.19. The highest BCUT2D eigenvalue weighted by Gasteiger charge is 2.20. The molecule has 4 rings (SSSR count). The predicted molar refractivity (Wildman–Crippen MR) is 154 cm³/mol. The Balaban J connectivity index is 1.31. The van der Waals surface area contributed by atoms with Crippen LogP contribution in [0.15, 0.2) is 53.7 Å². The quantitative estimate of drug-likeness (QED) is 0.348. The maximum absolute atomic E-state index is 12.6. The number of carbonyl (C=O) groups is 2. The molecule has 0 spiro atoms. The first-order valence-corrected chi connectivity index (χ1v) is 13.7. The lowest BCUT2D eigenvalue weighted by Crippen LogP contribution is -2.35. The van der Waals surface area contributed by atoms with Gasteiger partial charge in [0, 0.05) is 42.6 Å². The van der Waals surface area contributed by atoms with Crippen molar-refractivity contribution in [3.8, 4) is 0 Å². The number of ether oxygens (including phenoxy) is 1. The number of nitrogens with two attached hydrogens (primary N) is 1. The van der Waals surface area contributed by atoms with E-state index in [1.54, 1.807) is 42.3 Å². The van der Waals surface area contributed by atoms with Crippen LogP contribution in [0.4, 0.5) is 16.3 Å². The molecule has 2 amide bonds. The van der Waals surface area contributed by atoms with Crippen molar-refractivity contribution in [2.24, 2.45) is 16.6 Å². The zero-order chi connectivity index (χ0) is 27.6. The lowest BCUT2D eigenvalue weighted by molar-refractivity contribution is 0.0948. The number of benzene rings is 1. The average molecular weight is 534 g/mol. The molecule has 10 nitrogen and oxygen atoms in total. The van der Waals surface area contributed by atoms with Crippen LogP contribution in [0.5, 0.6) is 0 Å². The Labute approximate surface area is 230 Å². The van der Waals surface area contributed by atoms with Gasteiger partial charge in [0.1, 0.15) is 0 Å². The Morgan fingerprint density at radius 2 is 1.92 bits per heavy atom. The van der Waals surface area contributed by atoms with Gasteiger partial charge in [0.2, 0.25) is 0 Å². The molecule has 3 heterocycles. The van der Waals surface area contributed by atoms with Crippen molar-refractivity contribution in [3.63, 3.8) is 0 Å². The van der Waals surface area contributed by atoms with Crippen molar-refractivity contribution in [1.82, 2.24) is 20.1 Å². The van der Waals surface area contributed by atoms with E-state index >= 15 is 0 Å². The van der Waals surface area contributed by atoms with Crippen LogP contribution < -0.4 is 16.4 Å². The molecule has 2 aliphatic heterocycles. The molecule has 0 atom stereocenters. The number of rotatable bonds is 8. The van der Waals surface area contributed by atoms with E-state index in [0.29, 0.717) is 50.0 Å². The van der Waals surface area contributed by atoms with E-state index in [0.717, 1.165) is 36.3 Å². The number of carbonyl (C=O) groups excluding carboxylic acids is 2. The van der Waals surface area contributed by atoms with Crippen molar-refractivity contribution in [2.75, 3.05) is 51.7 Å². The SMILES string of the molecule is CCOC(=O)N1CC=C(c2cccnc2N=C(N)Nc2ccc(C(=O)NCCC3CCN(C)CC3)cc2)CC1. The molecule has 0 unspecified atom stereocenters. The Morgan fingerprint density at radius 3 is 2.62 bits per heavy atom. The number of hydrogen-bond donors (Lipinski definition) is 3. The highest BCUT2D eigenvalue weighted by Crippen LogP contribution is 2.29. The Morgan fingerprint density at radius 1 is 1.15 bits per heavy atom. The molecule has 0 radical (unpaired) electrons. The molecule has 0 saturated carbocycles. The molecule has 1 aromatic heterocycles. The summed E-state index contributed by atoms with van der Waals surface area (Å²) >= 11 is 0. The van der Waals surface area contributed by atoms with Gasteiger partial charge in [-0.05, 0) is 101 Å². The lowest BCUT2D eigenvalue weighted by Gasteiger charge is -2.28. The number of hydrogen-bond acceptors (Lipinski definition) is 6. The highest BCUT2D eigenvalue weighted by molar-refractivity contribution is 5.97. The maximum Gasteiger partial charge on any atom is 0.410 e. The summed E-state index contributed by atoms with van der Waals surface area (Å²) in [5.41, 5.74) is 9.46. The zero-order valence-corrected chi connectivity index (χ0v) is 22.9. The number of anilines is 1. The monoisotopic (exact) mass is 533 g/mol. The van der Waals surface area contributed by atoms with E-state index in [-0.39, 0.29) is 18.0 Å². The van der Waals surface area contributed by atoms with Gasteiger partial charge in [-0.3, -0.25) is 4.79 Å². The predicted octanol–water partition coefficient (Wildman–Crippen LogP) is 3.85. The minimum atomic E-state index is -0.304. The van der Waals surface area contributed by atoms with E-state index in [1.807, 2.05) is 18.2 Å². The number of nitrogens with zero attached hydrogens (tertiary/aromatic N) is 4. The molecule has 0 bridgehead atoms. The Bertz CT molecular complexity index is 1190. The second kappa shape index (κ2) is 13.7. The fraction of sp³-hybridized carbons (Fsp3) is 0.448. The molecule has 2 aliphatic rings. The van der Waals surface area contributed by atoms with Crippen LogP contribution in [0, 0.1) is 5.92 Å². The van der Waals surface area contributed by atoms with E-state index in [9.17, 15) is 9.59 Å². The van der Waals surface area contributed by atoms with Gasteiger partial charge in [-0.25, -0.2) is 9.78 Å². The largest absolute Gasteiger partial charge is 0.450 e. The number of aromatic nitrogens is 1. The van der Waals surface area contributed by atoms with Gasteiger partial charge in [-0.15, -0.1) is 0 Å². The smallest absolute Gasteiger partial charge is 0.410 e. The van der Waals surface area contributed by atoms with Crippen LogP contribution in [0.1, 0.15) is 48.5 Å². The van der Waals surface area contributed by atoms with Crippen LogP contribution in [0.3, 0.4) is 0 Å². The summed E-state index contributed by atoms with van der Waals surface area (Å²) in [7, 11) is 2.16. The molecule has 4 N–H and O–H groups in total. The van der Waals surface area contributed by atoms with Gasteiger partial charge < -0.3 is 30.9 Å². The van der Waals surface area contributed by atoms with E-state index in [2.05, 4.69) is 32.6 Å². The number of nitrogens with one attached hydrogen (secondary N) is 2. The average Bonchev–Trinajstić information content (AvgIpc) is 2.95. The Kier molecular flexibility index (Phi) is 9.91. The zero-order valence-electron chi connectivity index (χ0n) is 22.9. The molecule has 208 valence electrons. The maximum atomic E-state index is 12.6. The minimum absolute atomic E-state index is 0.0727. The summed E-state index contributed by atoms with van der Waals surface area (Å²) in [6.45, 7) is 6.15. The van der Waals surface area contributed by atoms with Gasteiger partial charge in [-0.1, -0.05) is 6.08 Å². The van der Waals surface area contributed by atoms with Gasteiger partial charge in [-0.2, -0.15) is 4.99 Å². The summed E-state index contributed by atoms with van der Waals surface area (Å²) < 4.78 is 5.09. The molecule has 10 heteroatoms. The van der Waals surface area contributed by atoms with Crippen LogP contribution in [0.2, 0.25) is 0 Å². The van der Waals surface area contributed by atoms with Crippen molar-refractivity contribution >= 4 is 35.0 Å². The van der Waals surface area contributed by atoms with Crippen LogP contribution >= 0.6 is 0 Å². The topological polar surface area (TPSA) is 125 Å². The minimum Gasteiger partial charge on any atom is -0.450 e. The number of piperidine rings is 1. The molecular weight excluding hydrogens is 494 g/mol. The number of likely N-dealkylation sites (tertiary alicyclic amines) is 1. The molecular formula is C29H39N7O3. The summed E-state index contributed by atoms with van der Waals surface area (Å²) in [6, 6.07) is 11.0. The third kappa shape index (κ3) is 8.03. The number of pyridine rings is 1. The molecule has 39 heavy (non-hydrogen) atoms. The Hall–Kier alpha value is -3.92. The molecule has 1 fully saturated rings. The normalized spacial score (nSPS) is 16.9. The van der Waals surface area contributed by atoms with E-state index in [4.69, 9.17) is 10.5 Å². The lowest BCUT2D eigenvalue weighted by atomic mass is 9.94. The standard InChI is InChI=1S/C29H39N7O3/c1-3-39-29(38)36-19-13-22(14-20-36)25-5-4-15-31-26(25)34-28(30)33-24-8-6-23(7-9-24)27(37)32-16-10-21-11-17-35(2)18-12-21/h4-9,13,15,21H,3,10-12,14,16-20H2,1-2H3,(H,32,37)(H3,30,31,33,34). The summed E-state index contributed by atoms with van der Waals surface area (Å²) in [6.07, 6.45) is 7.44. The van der Waals surface area contributed by atoms with E-state index < -0.39 is 0 Å². The van der Waals surface area contributed by atoms with Crippen molar-refractivity contribution < 1.29 is 14.3 Å². The summed E-state index contributed by atoms with van der Waals surface area (Å²) in [4.78, 5) is 37.5. The van der Waals surface area contributed by atoms with Gasteiger partial charge >= 0.3 is 6.09 Å². The van der Waals surface area contributed by atoms with Crippen LogP contribution in [0.25, 0.3) is 5.57 Å². The van der Waals surface area contributed by atoms with Gasteiger partial charge in [0.15, 0.2) is 11.8 Å². The second-order valence-electron chi connectivity index (χ2n) is 9.99. The fourth-order valence-electron chi connectivity index (χ4n) is 4.87. The van der Waals surface area contributed by atoms with Crippen molar-refractivity contribution in [2.45, 2.75) is 32.6 Å². The van der Waals surface area contributed by atoms with Crippen molar-refractivity contribution in [3.05, 3.63) is 59.8 Å². The van der Waals surface area contributed by atoms with Gasteiger partial charge in [0.25, 0.3) is 5.91 Å². The molecule has 0 aliphatic carbocycles. The van der Waals surface area contributed by atoms with Crippen LogP contribution in [-0.4, -0.2) is 79.1 Å². The summed E-state index contributed by atoms with van der Waals surface area (Å²) in [5.74, 6) is 1.30. The first kappa shape index (κ1) is 28.1. The summed E-state index contributed by atoms with van der Waals surface area (Å²) in [5, 5.41) is 6.11. The van der Waals surface area contributed by atoms with Gasteiger partial charge in [0.05, 0.1) is 6.61 Å². The first-order valence-electron chi connectivity index (χ1n) is 13.7. The number of aliphatic imine (C=N–C) groups is 1. The third-order valence-electron chi connectivity index (χ3n) is 7.19. The molecule has 1 aromatic carbocycles. The second-order valence-corrected chi connectivity index (χ2v) is 9.99. The highest BCUT2D eigenvalue weighted by atomic mass is 16.6. The molecule has 1 saturated heterocycles. The van der Waals surface area contributed by atoms with E-state index in [1.165, 1.54) is 12.8 Å². The van der Waals surface area contributed by atoms with Crippen molar-refractivity contribution in [1.29, 1.82) is 0 Å². The number of guanidine groups is 1. The molecule has 2 aromatic rings. The first-order chi connectivity index (χ1) is 18.9. The fourth-order valence-corrected chi connectivity index (χ4v) is 4.87. The van der Waals surface area contributed by atoms with Crippen LogP contribution in [-0.2, 0) is 4.74 Å². The number of amides is 2.